The van der Waals surface area contributed by atoms with Crippen LogP contribution in [0.5, 0.6) is 0 Å². The van der Waals surface area contributed by atoms with Crippen molar-refractivity contribution in [2.24, 2.45) is 10.7 Å². The van der Waals surface area contributed by atoms with E-state index in [1.54, 1.807) is 6.07 Å². The highest BCUT2D eigenvalue weighted by Crippen LogP contribution is 2.41. The van der Waals surface area contributed by atoms with Crippen LogP contribution in [0.15, 0.2) is 17.1 Å². The number of hydrogen-bond donors (Lipinski definition) is 2. The van der Waals surface area contributed by atoms with E-state index in [4.69, 9.17) is 5.73 Å². The van der Waals surface area contributed by atoms with Crippen LogP contribution in [0.25, 0.3) is 0 Å². The van der Waals surface area contributed by atoms with Gasteiger partial charge in [-0.1, -0.05) is 19.8 Å². The van der Waals surface area contributed by atoms with E-state index in [9.17, 15) is 9.18 Å². The maximum Gasteiger partial charge on any atom is 0.254 e. The molecule has 0 aliphatic carbocycles. The third kappa shape index (κ3) is 3.02. The number of rotatable bonds is 5. The summed E-state index contributed by atoms with van der Waals surface area (Å²) in [5.74, 6) is -0.454. The van der Waals surface area contributed by atoms with Gasteiger partial charge in [0.1, 0.15) is 5.82 Å². The summed E-state index contributed by atoms with van der Waals surface area (Å²) in [5.41, 5.74) is 7.50. The number of nitrogens with zero attached hydrogens (tertiary/aromatic N) is 2. The van der Waals surface area contributed by atoms with Gasteiger partial charge < -0.3 is 16.0 Å². The molecule has 3 rings (SSSR count). The topological polar surface area (TPSA) is 70.7 Å². The Morgan fingerprint density at radius 3 is 3.09 bits per heavy atom. The normalized spacial score (nSPS) is 19.1. The lowest BCUT2D eigenvalue weighted by Crippen LogP contribution is -2.38. The number of benzene rings is 1. The van der Waals surface area contributed by atoms with Gasteiger partial charge in [0.05, 0.1) is 17.3 Å². The molecule has 1 amide bonds. The van der Waals surface area contributed by atoms with Crippen LogP contribution in [0.1, 0.15) is 61.0 Å². The van der Waals surface area contributed by atoms with Gasteiger partial charge in [0.25, 0.3) is 5.91 Å². The van der Waals surface area contributed by atoms with Gasteiger partial charge in [-0.2, -0.15) is 0 Å². The Labute approximate surface area is 135 Å². The van der Waals surface area contributed by atoms with Crippen molar-refractivity contribution in [1.29, 1.82) is 0 Å². The van der Waals surface area contributed by atoms with Crippen LogP contribution in [-0.2, 0) is 0 Å². The summed E-state index contributed by atoms with van der Waals surface area (Å²) >= 11 is 0. The molecule has 1 fully saturated rings. The maximum absolute atomic E-state index is 14.3. The second-order valence-corrected chi connectivity index (χ2v) is 6.18. The van der Waals surface area contributed by atoms with Crippen LogP contribution in [-0.4, -0.2) is 29.9 Å². The highest BCUT2D eigenvalue weighted by Gasteiger charge is 2.33. The van der Waals surface area contributed by atoms with E-state index in [-0.39, 0.29) is 17.5 Å². The van der Waals surface area contributed by atoms with E-state index in [1.165, 1.54) is 6.07 Å². The summed E-state index contributed by atoms with van der Waals surface area (Å²) < 4.78 is 14.3. The third-order valence-corrected chi connectivity index (χ3v) is 4.57. The van der Waals surface area contributed by atoms with Crippen molar-refractivity contribution >= 4 is 17.6 Å². The summed E-state index contributed by atoms with van der Waals surface area (Å²) in [6, 6.07) is 3.09. The lowest BCUT2D eigenvalue weighted by Gasteiger charge is -2.31. The Bertz CT molecular complexity index is 644. The number of halogens is 1. The predicted octanol–water partition coefficient (Wildman–Crippen LogP) is 2.84. The monoisotopic (exact) mass is 318 g/mol. The smallest absolute Gasteiger partial charge is 0.254 e. The summed E-state index contributed by atoms with van der Waals surface area (Å²) in [7, 11) is 0. The molecule has 2 heterocycles. The first-order valence-corrected chi connectivity index (χ1v) is 8.34. The van der Waals surface area contributed by atoms with E-state index in [0.717, 1.165) is 44.2 Å². The van der Waals surface area contributed by atoms with Crippen molar-refractivity contribution in [3.63, 3.8) is 0 Å². The molecule has 23 heavy (non-hydrogen) atoms. The SMILES string of the molecule is CCCCCNC(=O)c1cc2c(cc1F)N=C(N)N1CCCC21. The molecule has 2 aliphatic heterocycles. The van der Waals surface area contributed by atoms with Gasteiger partial charge in [-0.15, -0.1) is 0 Å². The number of unbranched alkanes of at least 4 members (excludes halogenated alkanes) is 2. The summed E-state index contributed by atoms with van der Waals surface area (Å²) in [5, 5.41) is 2.80. The number of nitrogens with one attached hydrogen (secondary N) is 1. The maximum atomic E-state index is 14.3. The highest BCUT2D eigenvalue weighted by atomic mass is 19.1. The molecule has 1 saturated heterocycles. The number of aliphatic imine (C=N–C) groups is 1. The average Bonchev–Trinajstić information content (AvgIpc) is 3.01. The Balaban J connectivity index is 1.84. The molecule has 6 heteroatoms. The fraction of sp³-hybridized carbons (Fsp3) is 0.529. The van der Waals surface area contributed by atoms with E-state index in [2.05, 4.69) is 17.2 Å². The molecule has 0 saturated carbocycles. The summed E-state index contributed by atoms with van der Waals surface area (Å²) in [4.78, 5) is 18.6. The second kappa shape index (κ2) is 6.56. The van der Waals surface area contributed by atoms with E-state index >= 15 is 0 Å². The minimum atomic E-state index is -0.542. The zero-order valence-electron chi connectivity index (χ0n) is 13.4. The first-order chi connectivity index (χ1) is 11.1. The Kier molecular flexibility index (Phi) is 4.50. The highest BCUT2D eigenvalue weighted by molar-refractivity contribution is 5.96. The van der Waals surface area contributed by atoms with Crippen LogP contribution < -0.4 is 11.1 Å². The molecule has 0 spiro atoms. The number of nitrogens with two attached hydrogens (primary N) is 1. The largest absolute Gasteiger partial charge is 0.369 e. The molecule has 3 N–H and O–H groups in total. The lowest BCUT2D eigenvalue weighted by atomic mass is 9.98. The Morgan fingerprint density at radius 1 is 1.48 bits per heavy atom. The second-order valence-electron chi connectivity index (χ2n) is 6.18. The number of amides is 1. The fourth-order valence-corrected chi connectivity index (χ4v) is 3.34. The van der Waals surface area contributed by atoms with E-state index in [0.29, 0.717) is 18.2 Å². The molecule has 0 radical (unpaired) electrons. The van der Waals surface area contributed by atoms with Gasteiger partial charge in [0.15, 0.2) is 5.96 Å². The van der Waals surface area contributed by atoms with Gasteiger partial charge >= 0.3 is 0 Å². The molecule has 124 valence electrons. The van der Waals surface area contributed by atoms with Crippen LogP contribution in [0, 0.1) is 5.82 Å². The molecule has 0 aromatic heterocycles. The number of guanidine groups is 1. The van der Waals surface area contributed by atoms with Gasteiger partial charge in [-0.3, -0.25) is 4.79 Å². The minimum absolute atomic E-state index is 0.0998. The molecule has 5 nitrogen and oxygen atoms in total. The van der Waals surface area contributed by atoms with E-state index < -0.39 is 5.82 Å². The first kappa shape index (κ1) is 15.8. The fourth-order valence-electron chi connectivity index (χ4n) is 3.34. The number of carbonyl (C=O) groups is 1. The molecular weight excluding hydrogens is 295 g/mol. The molecule has 1 atom stereocenters. The molecular formula is C17H23FN4O. The van der Waals surface area contributed by atoms with Crippen molar-refractivity contribution in [2.75, 3.05) is 13.1 Å². The third-order valence-electron chi connectivity index (χ3n) is 4.57. The number of hydrogen-bond acceptors (Lipinski definition) is 4. The van der Waals surface area contributed by atoms with Crippen LogP contribution in [0.4, 0.5) is 10.1 Å². The zero-order chi connectivity index (χ0) is 16.4. The van der Waals surface area contributed by atoms with Gasteiger partial charge in [0, 0.05) is 24.7 Å². The minimum Gasteiger partial charge on any atom is -0.369 e. The Hall–Kier alpha value is -2.11. The van der Waals surface area contributed by atoms with Crippen molar-refractivity contribution in [3.05, 3.63) is 29.1 Å². The van der Waals surface area contributed by atoms with Crippen LogP contribution in [0.3, 0.4) is 0 Å². The van der Waals surface area contributed by atoms with Crippen molar-refractivity contribution < 1.29 is 9.18 Å². The molecule has 2 aliphatic rings. The van der Waals surface area contributed by atoms with Gasteiger partial charge in [0.2, 0.25) is 0 Å². The number of carbonyl (C=O) groups excluding carboxylic acids is 1. The first-order valence-electron chi connectivity index (χ1n) is 8.34. The molecule has 1 aromatic rings. The quantitative estimate of drug-likeness (QED) is 0.820. The van der Waals surface area contributed by atoms with Crippen LogP contribution in [0.2, 0.25) is 0 Å². The van der Waals surface area contributed by atoms with Crippen molar-refractivity contribution in [3.8, 4) is 0 Å². The summed E-state index contributed by atoms with van der Waals surface area (Å²) in [6.07, 6.45) is 5.02. The zero-order valence-corrected chi connectivity index (χ0v) is 13.4. The Morgan fingerprint density at radius 2 is 2.30 bits per heavy atom. The van der Waals surface area contributed by atoms with Crippen LogP contribution >= 0.6 is 0 Å². The summed E-state index contributed by atoms with van der Waals surface area (Å²) in [6.45, 7) is 3.53. The van der Waals surface area contributed by atoms with Gasteiger partial charge in [-0.25, -0.2) is 9.38 Å². The standard InChI is InChI=1S/C17H23FN4O/c1-2-3-4-7-20-16(23)11-9-12-14(10-13(11)18)21-17(19)22-8-5-6-15(12)22/h9-10,15H,2-8H2,1H3,(H2,19,21)(H,20,23). The average molecular weight is 318 g/mol. The number of fused-ring (bicyclic) bond motifs is 3. The molecule has 1 aromatic carbocycles. The van der Waals surface area contributed by atoms with Gasteiger partial charge in [-0.05, 0) is 25.3 Å². The lowest BCUT2D eigenvalue weighted by molar-refractivity contribution is 0.0949. The predicted molar refractivity (Wildman–Crippen MR) is 88.2 cm³/mol. The molecule has 1 unspecified atom stereocenters. The van der Waals surface area contributed by atoms with Crippen molar-refractivity contribution in [2.45, 2.75) is 45.1 Å². The molecule has 0 bridgehead atoms. The van der Waals surface area contributed by atoms with E-state index in [1.807, 2.05) is 4.90 Å². The van der Waals surface area contributed by atoms with Crippen molar-refractivity contribution in [1.82, 2.24) is 10.2 Å².